The van der Waals surface area contributed by atoms with Crippen molar-refractivity contribution < 1.29 is 4.52 Å². The number of halogens is 1. The Bertz CT molecular complexity index is 808. The van der Waals surface area contributed by atoms with Crippen molar-refractivity contribution in [1.29, 1.82) is 0 Å². The predicted octanol–water partition coefficient (Wildman–Crippen LogP) is 4.15. The first-order chi connectivity index (χ1) is 10.9. The van der Waals surface area contributed by atoms with Crippen molar-refractivity contribution in [1.82, 2.24) is 19.5 Å². The highest BCUT2D eigenvalue weighted by atomic mass is 35.5. The van der Waals surface area contributed by atoms with Gasteiger partial charge in [-0.1, -0.05) is 49.7 Å². The maximum Gasteiger partial charge on any atom is 0.246 e. The van der Waals surface area contributed by atoms with Gasteiger partial charge in [0.05, 0.1) is 6.54 Å². The van der Waals surface area contributed by atoms with Gasteiger partial charge in [0.25, 0.3) is 0 Å². The number of nitrogens with zero attached hydrogens (tertiary/aromatic N) is 4. The fraction of sp³-hybridized carbons (Fsp3) is 0.333. The topological polar surface area (TPSA) is 76.7 Å². The number of hydrogen-bond acceptors (Lipinski definition) is 7. The van der Waals surface area contributed by atoms with Crippen molar-refractivity contribution in [3.05, 3.63) is 41.0 Å². The van der Waals surface area contributed by atoms with Crippen LogP contribution >= 0.6 is 23.1 Å². The molecule has 0 spiro atoms. The Hall–Kier alpha value is -1.99. The first-order valence-electron chi connectivity index (χ1n) is 7.08. The maximum atomic E-state index is 5.97. The van der Waals surface area contributed by atoms with E-state index in [1.54, 1.807) is 12.1 Å². The van der Waals surface area contributed by atoms with Gasteiger partial charge < -0.3 is 9.84 Å². The molecule has 0 radical (unpaired) electrons. The molecule has 0 aliphatic carbocycles. The molecule has 2 aromatic heterocycles. The summed E-state index contributed by atoms with van der Waals surface area (Å²) in [5.74, 6) is 1.81. The minimum Gasteiger partial charge on any atom is -0.351 e. The SMILES string of the molecule is CC(C)(C)c1nsc(NCc2nc(-c3cccc(Cl)c3)no2)n1. The van der Waals surface area contributed by atoms with E-state index in [9.17, 15) is 0 Å². The second-order valence-corrected chi connectivity index (χ2v) is 7.24. The molecule has 8 heteroatoms. The predicted molar refractivity (Wildman–Crippen MR) is 90.7 cm³/mol. The van der Waals surface area contributed by atoms with Gasteiger partial charge in [0.15, 0.2) is 0 Å². The van der Waals surface area contributed by atoms with Gasteiger partial charge in [0.2, 0.25) is 16.8 Å². The van der Waals surface area contributed by atoms with E-state index in [1.807, 2.05) is 12.1 Å². The fourth-order valence-corrected chi connectivity index (χ4v) is 2.76. The third-order valence-corrected chi connectivity index (χ3v) is 3.95. The lowest BCUT2D eigenvalue weighted by atomic mass is 9.96. The zero-order valence-corrected chi connectivity index (χ0v) is 14.6. The number of anilines is 1. The first kappa shape index (κ1) is 15.9. The van der Waals surface area contributed by atoms with E-state index < -0.39 is 0 Å². The number of aromatic nitrogens is 4. The molecule has 0 aliphatic heterocycles. The Morgan fingerprint density at radius 3 is 2.78 bits per heavy atom. The lowest BCUT2D eigenvalue weighted by Crippen LogP contribution is -2.13. The van der Waals surface area contributed by atoms with Crippen LogP contribution in [0.1, 0.15) is 32.5 Å². The molecule has 23 heavy (non-hydrogen) atoms. The van der Waals surface area contributed by atoms with Gasteiger partial charge in [-0.25, -0.2) is 4.98 Å². The van der Waals surface area contributed by atoms with E-state index in [1.165, 1.54) is 11.5 Å². The molecule has 0 saturated heterocycles. The van der Waals surface area contributed by atoms with E-state index >= 15 is 0 Å². The molecule has 0 fully saturated rings. The van der Waals surface area contributed by atoms with Crippen molar-refractivity contribution in [2.24, 2.45) is 0 Å². The summed E-state index contributed by atoms with van der Waals surface area (Å²) in [5.41, 5.74) is 0.749. The highest BCUT2D eigenvalue weighted by Crippen LogP contribution is 2.23. The Kier molecular flexibility index (Phi) is 4.32. The number of nitrogens with one attached hydrogen (secondary N) is 1. The van der Waals surface area contributed by atoms with Gasteiger partial charge in [0, 0.05) is 27.5 Å². The molecule has 0 atom stereocenters. The van der Waals surface area contributed by atoms with Gasteiger partial charge in [-0.3, -0.25) is 0 Å². The summed E-state index contributed by atoms with van der Waals surface area (Å²) in [5, 5.41) is 8.49. The standard InChI is InChI=1S/C15H16ClN5OS/c1-15(2,3)13-19-14(23-21-13)17-8-11-18-12(20-22-11)9-5-4-6-10(16)7-9/h4-7H,8H2,1-3H3,(H,17,19,21). The van der Waals surface area contributed by atoms with Crippen LogP contribution in [0.3, 0.4) is 0 Å². The fourth-order valence-electron chi connectivity index (χ4n) is 1.82. The van der Waals surface area contributed by atoms with E-state index in [0.717, 1.165) is 16.5 Å². The molecule has 3 rings (SSSR count). The Balaban J connectivity index is 1.67. The van der Waals surface area contributed by atoms with Crippen molar-refractivity contribution >= 4 is 28.3 Å². The molecule has 0 aliphatic rings. The Labute approximate surface area is 143 Å². The molecular weight excluding hydrogens is 334 g/mol. The molecule has 0 amide bonds. The van der Waals surface area contributed by atoms with E-state index in [-0.39, 0.29) is 5.41 Å². The van der Waals surface area contributed by atoms with Crippen LogP contribution in [0.25, 0.3) is 11.4 Å². The van der Waals surface area contributed by atoms with Gasteiger partial charge in [-0.15, -0.1) is 0 Å². The zero-order valence-electron chi connectivity index (χ0n) is 13.0. The molecule has 1 N–H and O–H groups in total. The van der Waals surface area contributed by atoms with E-state index in [4.69, 9.17) is 16.1 Å². The molecule has 1 aromatic carbocycles. The van der Waals surface area contributed by atoms with Crippen LogP contribution in [0.2, 0.25) is 5.02 Å². The van der Waals surface area contributed by atoms with Crippen LogP contribution in [-0.2, 0) is 12.0 Å². The van der Waals surface area contributed by atoms with Crippen LogP contribution in [0.4, 0.5) is 5.13 Å². The van der Waals surface area contributed by atoms with Crippen LogP contribution in [0.5, 0.6) is 0 Å². The minimum absolute atomic E-state index is 0.0688. The average molecular weight is 350 g/mol. The largest absolute Gasteiger partial charge is 0.351 e. The van der Waals surface area contributed by atoms with Crippen LogP contribution in [0, 0.1) is 0 Å². The highest BCUT2D eigenvalue weighted by Gasteiger charge is 2.19. The summed E-state index contributed by atoms with van der Waals surface area (Å²) in [6.45, 7) is 6.63. The Morgan fingerprint density at radius 2 is 2.09 bits per heavy atom. The molecule has 0 saturated carbocycles. The van der Waals surface area contributed by atoms with Crippen LogP contribution < -0.4 is 5.32 Å². The van der Waals surface area contributed by atoms with E-state index in [2.05, 4.69) is 45.6 Å². The molecule has 2 heterocycles. The summed E-state index contributed by atoms with van der Waals surface area (Å²) in [6, 6.07) is 7.33. The van der Waals surface area contributed by atoms with Gasteiger partial charge >= 0.3 is 0 Å². The third kappa shape index (κ3) is 3.86. The third-order valence-electron chi connectivity index (χ3n) is 3.04. The summed E-state index contributed by atoms with van der Waals surface area (Å²) in [4.78, 5) is 8.81. The summed E-state index contributed by atoms with van der Waals surface area (Å²) in [7, 11) is 0. The molecular formula is C15H16ClN5OS. The second-order valence-electron chi connectivity index (χ2n) is 6.05. The number of benzene rings is 1. The summed E-state index contributed by atoms with van der Waals surface area (Å²) < 4.78 is 9.59. The number of hydrogen-bond donors (Lipinski definition) is 1. The molecule has 120 valence electrons. The van der Waals surface area contributed by atoms with Crippen molar-refractivity contribution in [2.45, 2.75) is 32.7 Å². The second kappa shape index (κ2) is 6.25. The Morgan fingerprint density at radius 1 is 1.26 bits per heavy atom. The lowest BCUT2D eigenvalue weighted by Gasteiger charge is -2.12. The van der Waals surface area contributed by atoms with Crippen molar-refractivity contribution in [2.75, 3.05) is 5.32 Å². The van der Waals surface area contributed by atoms with Crippen LogP contribution in [-0.4, -0.2) is 19.5 Å². The number of rotatable bonds is 4. The van der Waals surface area contributed by atoms with E-state index in [0.29, 0.717) is 23.3 Å². The smallest absolute Gasteiger partial charge is 0.246 e. The van der Waals surface area contributed by atoms with Gasteiger partial charge in [0.1, 0.15) is 5.82 Å². The molecule has 3 aromatic rings. The summed E-state index contributed by atoms with van der Waals surface area (Å²) in [6.07, 6.45) is 0. The minimum atomic E-state index is -0.0688. The van der Waals surface area contributed by atoms with Crippen molar-refractivity contribution in [3.63, 3.8) is 0 Å². The lowest BCUT2D eigenvalue weighted by molar-refractivity contribution is 0.384. The average Bonchev–Trinajstić information content (AvgIpc) is 3.14. The molecule has 0 unspecified atom stereocenters. The summed E-state index contributed by atoms with van der Waals surface area (Å²) >= 11 is 7.29. The molecule has 6 nitrogen and oxygen atoms in total. The van der Waals surface area contributed by atoms with Crippen LogP contribution in [0.15, 0.2) is 28.8 Å². The first-order valence-corrected chi connectivity index (χ1v) is 8.23. The van der Waals surface area contributed by atoms with Gasteiger partial charge in [-0.2, -0.15) is 9.36 Å². The highest BCUT2D eigenvalue weighted by molar-refractivity contribution is 7.09. The quantitative estimate of drug-likeness (QED) is 0.762. The molecule has 0 bridgehead atoms. The van der Waals surface area contributed by atoms with Crippen molar-refractivity contribution in [3.8, 4) is 11.4 Å². The maximum absolute atomic E-state index is 5.97. The monoisotopic (exact) mass is 349 g/mol. The van der Waals surface area contributed by atoms with Gasteiger partial charge in [-0.05, 0) is 12.1 Å². The normalized spacial score (nSPS) is 11.7. The zero-order chi connectivity index (χ0) is 16.4.